The van der Waals surface area contributed by atoms with E-state index in [4.69, 9.17) is 0 Å². The number of hydrogen-bond donors (Lipinski definition) is 1. The Morgan fingerprint density at radius 2 is 1.89 bits per heavy atom. The largest absolute Gasteiger partial charge is 0.378 e. The molecule has 0 bridgehead atoms. The Morgan fingerprint density at radius 1 is 1.15 bits per heavy atom. The van der Waals surface area contributed by atoms with E-state index in [1.807, 2.05) is 60.3 Å². The summed E-state index contributed by atoms with van der Waals surface area (Å²) in [4.78, 5) is 25.6. The van der Waals surface area contributed by atoms with Gasteiger partial charge in [-0.05, 0) is 49.2 Å². The normalized spacial score (nSPS) is 16.5. The number of carbonyl (C=O) groups is 1. The highest BCUT2D eigenvalue weighted by atomic mass is 16.2. The summed E-state index contributed by atoms with van der Waals surface area (Å²) in [5.41, 5.74) is 2.67. The van der Waals surface area contributed by atoms with E-state index in [1.165, 1.54) is 0 Å². The summed E-state index contributed by atoms with van der Waals surface area (Å²) in [6.45, 7) is 0.726. The van der Waals surface area contributed by atoms with Crippen LogP contribution in [0, 0.1) is 0 Å². The van der Waals surface area contributed by atoms with Crippen LogP contribution in [-0.2, 0) is 0 Å². The molecule has 1 fully saturated rings. The Kier molecular flexibility index (Phi) is 4.58. The Bertz CT molecular complexity index is 919. The van der Waals surface area contributed by atoms with Crippen molar-refractivity contribution in [2.24, 2.45) is 0 Å². The van der Waals surface area contributed by atoms with Crippen LogP contribution in [0.15, 0.2) is 48.8 Å². The molecule has 1 N–H and O–H groups in total. The highest BCUT2D eigenvalue weighted by molar-refractivity contribution is 5.95. The molecule has 0 saturated carbocycles. The van der Waals surface area contributed by atoms with Gasteiger partial charge in [0.05, 0.1) is 6.04 Å². The molecule has 138 valence electrons. The molecular formula is C20H22N6O. The fourth-order valence-electron chi connectivity index (χ4n) is 3.42. The quantitative estimate of drug-likeness (QED) is 0.772. The fourth-order valence-corrected chi connectivity index (χ4v) is 3.42. The lowest BCUT2D eigenvalue weighted by Crippen LogP contribution is -2.31. The monoisotopic (exact) mass is 362 g/mol. The summed E-state index contributed by atoms with van der Waals surface area (Å²) in [6, 6.07) is 11.4. The van der Waals surface area contributed by atoms with E-state index in [9.17, 15) is 4.79 Å². The predicted octanol–water partition coefficient (Wildman–Crippen LogP) is 2.91. The molecule has 3 aromatic rings. The van der Waals surface area contributed by atoms with Gasteiger partial charge in [-0.2, -0.15) is 5.10 Å². The number of pyridine rings is 1. The van der Waals surface area contributed by atoms with Gasteiger partial charge in [0, 0.05) is 49.8 Å². The molecular weight excluding hydrogens is 340 g/mol. The van der Waals surface area contributed by atoms with Crippen LogP contribution >= 0.6 is 0 Å². The summed E-state index contributed by atoms with van der Waals surface area (Å²) in [6.07, 6.45) is 5.27. The van der Waals surface area contributed by atoms with Gasteiger partial charge >= 0.3 is 0 Å². The highest BCUT2D eigenvalue weighted by Gasteiger charge is 2.33. The van der Waals surface area contributed by atoms with Crippen molar-refractivity contribution < 1.29 is 4.79 Å². The van der Waals surface area contributed by atoms with Crippen LogP contribution in [0.1, 0.15) is 35.1 Å². The van der Waals surface area contributed by atoms with E-state index in [2.05, 4.69) is 20.2 Å². The van der Waals surface area contributed by atoms with Crippen LogP contribution in [0.25, 0.3) is 11.4 Å². The van der Waals surface area contributed by atoms with Gasteiger partial charge in [-0.15, -0.1) is 0 Å². The van der Waals surface area contributed by atoms with Crippen molar-refractivity contribution in [1.82, 2.24) is 25.1 Å². The molecule has 1 amide bonds. The van der Waals surface area contributed by atoms with Gasteiger partial charge in [0.25, 0.3) is 5.91 Å². The first-order valence-electron chi connectivity index (χ1n) is 9.04. The van der Waals surface area contributed by atoms with Crippen molar-refractivity contribution in [3.05, 3.63) is 60.2 Å². The molecule has 7 heteroatoms. The van der Waals surface area contributed by atoms with Gasteiger partial charge in [-0.25, -0.2) is 4.98 Å². The van der Waals surface area contributed by atoms with E-state index >= 15 is 0 Å². The zero-order chi connectivity index (χ0) is 18.8. The van der Waals surface area contributed by atoms with E-state index < -0.39 is 0 Å². The molecule has 27 heavy (non-hydrogen) atoms. The molecule has 7 nitrogen and oxygen atoms in total. The first kappa shape index (κ1) is 17.2. The maximum absolute atomic E-state index is 13.0. The second kappa shape index (κ2) is 7.19. The van der Waals surface area contributed by atoms with Crippen molar-refractivity contribution in [1.29, 1.82) is 0 Å². The fraction of sp³-hybridized carbons (Fsp3) is 0.300. The van der Waals surface area contributed by atoms with Gasteiger partial charge in [-0.3, -0.25) is 14.9 Å². The lowest BCUT2D eigenvalue weighted by atomic mass is 10.1. The predicted molar refractivity (Wildman–Crippen MR) is 103 cm³/mol. The first-order valence-corrected chi connectivity index (χ1v) is 9.04. The summed E-state index contributed by atoms with van der Waals surface area (Å²) in [7, 11) is 3.97. The molecule has 0 radical (unpaired) electrons. The van der Waals surface area contributed by atoms with Crippen LogP contribution in [0.2, 0.25) is 0 Å². The zero-order valence-corrected chi connectivity index (χ0v) is 15.5. The first-order chi connectivity index (χ1) is 13.1. The molecule has 3 heterocycles. The standard InChI is InChI=1S/C20H22N6O/c1-25(2)16-7-5-15(6-8-16)20(27)26-13-3-4-17(26)19-22-18(23-24-19)14-9-11-21-12-10-14/h5-12,17H,3-4,13H2,1-2H3,(H,22,23,24). The average Bonchev–Trinajstić information content (AvgIpc) is 3.37. The highest BCUT2D eigenvalue weighted by Crippen LogP contribution is 2.32. The number of carbonyl (C=O) groups excluding carboxylic acids is 1. The van der Waals surface area contributed by atoms with Crippen molar-refractivity contribution >= 4 is 11.6 Å². The Hall–Kier alpha value is -3.22. The third-order valence-electron chi connectivity index (χ3n) is 4.90. The van der Waals surface area contributed by atoms with E-state index in [0.717, 1.165) is 36.5 Å². The minimum atomic E-state index is -0.0749. The molecule has 1 aliphatic heterocycles. The minimum absolute atomic E-state index is 0.0321. The number of nitrogens with zero attached hydrogens (tertiary/aromatic N) is 5. The number of nitrogens with one attached hydrogen (secondary N) is 1. The van der Waals surface area contributed by atoms with Gasteiger partial charge in [0.1, 0.15) is 5.82 Å². The number of aromatic amines is 1. The number of H-pyrrole nitrogens is 1. The molecule has 1 aliphatic rings. The molecule has 4 rings (SSSR count). The van der Waals surface area contributed by atoms with E-state index in [0.29, 0.717) is 11.4 Å². The van der Waals surface area contributed by atoms with Crippen LogP contribution in [0.3, 0.4) is 0 Å². The number of likely N-dealkylation sites (tertiary alicyclic amines) is 1. The van der Waals surface area contributed by atoms with E-state index in [1.54, 1.807) is 12.4 Å². The zero-order valence-electron chi connectivity index (χ0n) is 15.5. The molecule has 1 aromatic carbocycles. The van der Waals surface area contributed by atoms with Gasteiger partial charge < -0.3 is 9.80 Å². The molecule has 0 aliphatic carbocycles. The summed E-state index contributed by atoms with van der Waals surface area (Å²) in [5.74, 6) is 1.39. The van der Waals surface area contributed by atoms with Crippen LogP contribution in [-0.4, -0.2) is 51.6 Å². The topological polar surface area (TPSA) is 78.0 Å². The van der Waals surface area contributed by atoms with Crippen LogP contribution in [0.4, 0.5) is 5.69 Å². The lowest BCUT2D eigenvalue weighted by Gasteiger charge is -2.23. The number of rotatable bonds is 4. The Morgan fingerprint density at radius 3 is 2.59 bits per heavy atom. The van der Waals surface area contributed by atoms with Gasteiger partial charge in [0.2, 0.25) is 0 Å². The third kappa shape index (κ3) is 3.40. The number of anilines is 1. The SMILES string of the molecule is CN(C)c1ccc(C(=O)N2CCCC2c2nc(-c3ccncc3)n[nH]2)cc1. The van der Waals surface area contributed by atoms with Crippen molar-refractivity contribution in [2.45, 2.75) is 18.9 Å². The second-order valence-corrected chi connectivity index (χ2v) is 6.88. The van der Waals surface area contributed by atoms with Crippen LogP contribution < -0.4 is 4.90 Å². The molecule has 1 saturated heterocycles. The number of hydrogen-bond acceptors (Lipinski definition) is 5. The van der Waals surface area contributed by atoms with E-state index in [-0.39, 0.29) is 11.9 Å². The average molecular weight is 362 g/mol. The van der Waals surface area contributed by atoms with Gasteiger partial charge in [-0.1, -0.05) is 0 Å². The third-order valence-corrected chi connectivity index (χ3v) is 4.90. The van der Waals surface area contributed by atoms with Crippen molar-refractivity contribution in [2.75, 3.05) is 25.5 Å². The lowest BCUT2D eigenvalue weighted by molar-refractivity contribution is 0.0730. The maximum atomic E-state index is 13.0. The Balaban J connectivity index is 1.55. The summed E-state index contributed by atoms with van der Waals surface area (Å²) < 4.78 is 0. The number of benzene rings is 1. The minimum Gasteiger partial charge on any atom is -0.378 e. The molecule has 2 aromatic heterocycles. The van der Waals surface area contributed by atoms with Gasteiger partial charge in [0.15, 0.2) is 5.82 Å². The number of amides is 1. The van der Waals surface area contributed by atoms with Crippen LogP contribution in [0.5, 0.6) is 0 Å². The van der Waals surface area contributed by atoms with Crippen molar-refractivity contribution in [3.63, 3.8) is 0 Å². The molecule has 0 spiro atoms. The number of aromatic nitrogens is 4. The second-order valence-electron chi connectivity index (χ2n) is 6.88. The Labute approximate surface area is 158 Å². The molecule has 1 unspecified atom stereocenters. The smallest absolute Gasteiger partial charge is 0.254 e. The molecule has 1 atom stereocenters. The summed E-state index contributed by atoms with van der Waals surface area (Å²) in [5, 5.41) is 7.35. The van der Waals surface area contributed by atoms with Crippen molar-refractivity contribution in [3.8, 4) is 11.4 Å². The summed E-state index contributed by atoms with van der Waals surface area (Å²) >= 11 is 0. The maximum Gasteiger partial charge on any atom is 0.254 e.